The van der Waals surface area contributed by atoms with Crippen molar-refractivity contribution in [3.05, 3.63) is 16.9 Å². The molecule has 0 saturated heterocycles. The molecule has 120 valence electrons. The number of carbonyl (C=O) groups excluding carboxylic acids is 1. The molecule has 0 atom stereocenters. The molecule has 5 heteroatoms. The van der Waals surface area contributed by atoms with Crippen molar-refractivity contribution in [3.8, 4) is 0 Å². The number of ether oxygens (including phenoxy) is 1. The normalized spacial score (nSPS) is 11.0. The molecule has 0 N–H and O–H groups in total. The van der Waals surface area contributed by atoms with Crippen molar-refractivity contribution < 1.29 is 9.53 Å². The Balaban J connectivity index is 2.33. The van der Waals surface area contributed by atoms with Gasteiger partial charge in [0, 0.05) is 13.5 Å². The smallest absolute Gasteiger partial charge is 0.182 e. The number of hydrogen-bond donors (Lipinski definition) is 0. The lowest BCUT2D eigenvalue weighted by Crippen LogP contribution is -2.14. The molecule has 0 aliphatic carbocycles. The molecule has 1 rings (SSSR count). The number of Topliss-reactive ketones (excluding diaryl/α,β-unsaturated/α-hetero) is 1. The van der Waals surface area contributed by atoms with Crippen LogP contribution in [0.25, 0.3) is 0 Å². The first-order chi connectivity index (χ1) is 10.2. The highest BCUT2D eigenvalue weighted by molar-refractivity contribution is 6.33. The van der Waals surface area contributed by atoms with E-state index in [1.54, 1.807) is 11.8 Å². The number of nitrogens with zero attached hydrogens (tertiary/aromatic N) is 2. The number of rotatable bonds is 12. The first-order valence-corrected chi connectivity index (χ1v) is 8.32. The summed E-state index contributed by atoms with van der Waals surface area (Å²) in [5, 5.41) is 4.58. The summed E-state index contributed by atoms with van der Waals surface area (Å²) in [5.41, 5.74) is 0.527. The van der Waals surface area contributed by atoms with Crippen LogP contribution in [-0.4, -0.2) is 29.3 Å². The van der Waals surface area contributed by atoms with Crippen LogP contribution >= 0.6 is 11.6 Å². The van der Waals surface area contributed by atoms with Gasteiger partial charge >= 0.3 is 0 Å². The molecule has 1 aromatic rings. The molecule has 0 spiro atoms. The van der Waals surface area contributed by atoms with E-state index in [-0.39, 0.29) is 5.78 Å². The second kappa shape index (κ2) is 10.8. The maximum absolute atomic E-state index is 12.3. The number of halogens is 1. The van der Waals surface area contributed by atoms with Crippen molar-refractivity contribution >= 4 is 17.4 Å². The van der Waals surface area contributed by atoms with Crippen molar-refractivity contribution in [1.29, 1.82) is 0 Å². The summed E-state index contributed by atoms with van der Waals surface area (Å²) in [7, 11) is 1.63. The molecule has 0 aliphatic rings. The van der Waals surface area contributed by atoms with Gasteiger partial charge in [-0.15, -0.1) is 0 Å². The maximum Gasteiger partial charge on any atom is 0.182 e. The minimum absolute atomic E-state index is 0.0853. The van der Waals surface area contributed by atoms with Crippen LogP contribution in [-0.2, 0) is 11.3 Å². The van der Waals surface area contributed by atoms with Gasteiger partial charge in [-0.05, 0) is 6.42 Å². The molecular formula is C16H27ClN2O2. The van der Waals surface area contributed by atoms with E-state index >= 15 is 0 Å². The van der Waals surface area contributed by atoms with E-state index in [1.165, 1.54) is 38.3 Å². The highest BCUT2D eigenvalue weighted by Gasteiger charge is 2.16. The molecule has 1 heterocycles. The standard InChI is InChI=1S/C16H27ClN2O2/c1-3-4-5-6-7-8-9-10-15(20)16-14(17)13-18-19(16)11-12-21-2/h13H,3-12H2,1-2H3. The second-order valence-corrected chi connectivity index (χ2v) is 5.76. The van der Waals surface area contributed by atoms with Crippen LogP contribution in [0.4, 0.5) is 0 Å². The van der Waals surface area contributed by atoms with Gasteiger partial charge in [0.1, 0.15) is 5.69 Å². The van der Waals surface area contributed by atoms with Crippen molar-refractivity contribution in [2.24, 2.45) is 0 Å². The van der Waals surface area contributed by atoms with Crippen molar-refractivity contribution in [1.82, 2.24) is 9.78 Å². The highest BCUT2D eigenvalue weighted by Crippen LogP contribution is 2.19. The third-order valence-corrected chi connectivity index (χ3v) is 3.85. The highest BCUT2D eigenvalue weighted by atomic mass is 35.5. The number of methoxy groups -OCH3 is 1. The predicted molar refractivity (Wildman–Crippen MR) is 86.1 cm³/mol. The number of aromatic nitrogens is 2. The van der Waals surface area contributed by atoms with Gasteiger partial charge in [-0.1, -0.05) is 57.0 Å². The SMILES string of the molecule is CCCCCCCCCC(=O)c1c(Cl)cnn1CCOC. The van der Waals surface area contributed by atoms with Gasteiger partial charge in [0.15, 0.2) is 5.78 Å². The Morgan fingerprint density at radius 3 is 2.57 bits per heavy atom. The fraction of sp³-hybridized carbons (Fsp3) is 0.750. The molecule has 1 aromatic heterocycles. The zero-order valence-electron chi connectivity index (χ0n) is 13.2. The zero-order valence-corrected chi connectivity index (χ0v) is 14.0. The molecule has 4 nitrogen and oxygen atoms in total. The van der Waals surface area contributed by atoms with Crippen LogP contribution in [0.5, 0.6) is 0 Å². The van der Waals surface area contributed by atoms with E-state index in [9.17, 15) is 4.79 Å². The number of ketones is 1. The summed E-state index contributed by atoms with van der Waals surface area (Å²) in [5.74, 6) is 0.0853. The second-order valence-electron chi connectivity index (χ2n) is 5.35. The number of hydrogen-bond acceptors (Lipinski definition) is 3. The van der Waals surface area contributed by atoms with Crippen molar-refractivity contribution in [2.75, 3.05) is 13.7 Å². The molecule has 0 unspecified atom stereocenters. The van der Waals surface area contributed by atoms with Crippen molar-refractivity contribution in [3.63, 3.8) is 0 Å². The van der Waals surface area contributed by atoms with E-state index in [0.29, 0.717) is 30.3 Å². The minimum atomic E-state index is 0.0853. The van der Waals surface area contributed by atoms with E-state index in [2.05, 4.69) is 12.0 Å². The molecule has 0 amide bonds. The molecule has 0 aliphatic heterocycles. The van der Waals surface area contributed by atoms with Gasteiger partial charge in [0.05, 0.1) is 24.4 Å². The fourth-order valence-electron chi connectivity index (χ4n) is 2.35. The summed E-state index contributed by atoms with van der Waals surface area (Å²) in [4.78, 5) is 12.3. The van der Waals surface area contributed by atoms with Gasteiger partial charge in [-0.3, -0.25) is 9.48 Å². The Bertz CT molecular complexity index is 418. The van der Waals surface area contributed by atoms with Gasteiger partial charge < -0.3 is 4.74 Å². The van der Waals surface area contributed by atoms with Gasteiger partial charge in [-0.2, -0.15) is 5.10 Å². The average Bonchev–Trinajstić information content (AvgIpc) is 2.85. The first-order valence-electron chi connectivity index (χ1n) is 7.94. The molecule has 0 aromatic carbocycles. The molecule has 0 bridgehead atoms. The summed E-state index contributed by atoms with van der Waals surface area (Å²) < 4.78 is 6.67. The Morgan fingerprint density at radius 2 is 1.90 bits per heavy atom. The molecule has 0 saturated carbocycles. The summed E-state index contributed by atoms with van der Waals surface area (Å²) >= 11 is 6.07. The lowest BCUT2D eigenvalue weighted by atomic mass is 10.1. The third kappa shape index (κ3) is 6.62. The largest absolute Gasteiger partial charge is 0.383 e. The van der Waals surface area contributed by atoms with E-state index in [4.69, 9.17) is 16.3 Å². The predicted octanol–water partition coefficient (Wildman–Crippen LogP) is 4.51. The van der Waals surface area contributed by atoms with Crippen molar-refractivity contribution in [2.45, 2.75) is 64.8 Å². The number of carbonyl (C=O) groups is 1. The van der Waals surface area contributed by atoms with Crippen LogP contribution in [0.3, 0.4) is 0 Å². The molecule has 21 heavy (non-hydrogen) atoms. The van der Waals surface area contributed by atoms with Gasteiger partial charge in [0.25, 0.3) is 0 Å². The summed E-state index contributed by atoms with van der Waals surface area (Å²) in [6.45, 7) is 3.30. The quantitative estimate of drug-likeness (QED) is 0.421. The Morgan fingerprint density at radius 1 is 1.24 bits per heavy atom. The van der Waals surface area contributed by atoms with Crippen LogP contribution in [0, 0.1) is 0 Å². The monoisotopic (exact) mass is 314 g/mol. The molecule has 0 radical (unpaired) electrons. The Labute approximate surface area is 132 Å². The summed E-state index contributed by atoms with van der Waals surface area (Å²) in [6.07, 6.45) is 10.5. The van der Waals surface area contributed by atoms with Crippen LogP contribution in [0.15, 0.2) is 6.20 Å². The molecule has 0 fully saturated rings. The van der Waals surface area contributed by atoms with Gasteiger partial charge in [0.2, 0.25) is 0 Å². The van der Waals surface area contributed by atoms with Crippen LogP contribution in [0.1, 0.15) is 68.8 Å². The third-order valence-electron chi connectivity index (χ3n) is 3.57. The van der Waals surface area contributed by atoms with E-state index in [1.807, 2.05) is 0 Å². The zero-order chi connectivity index (χ0) is 15.5. The minimum Gasteiger partial charge on any atom is -0.383 e. The Hall–Kier alpha value is -0.870. The topological polar surface area (TPSA) is 44.1 Å². The maximum atomic E-state index is 12.3. The Kier molecular flexibility index (Phi) is 9.35. The van der Waals surface area contributed by atoms with Crippen LogP contribution < -0.4 is 0 Å². The van der Waals surface area contributed by atoms with Crippen LogP contribution in [0.2, 0.25) is 5.02 Å². The average molecular weight is 315 g/mol. The lowest BCUT2D eigenvalue weighted by molar-refractivity contribution is 0.0965. The van der Waals surface area contributed by atoms with Gasteiger partial charge in [-0.25, -0.2) is 0 Å². The van der Waals surface area contributed by atoms with E-state index < -0.39 is 0 Å². The lowest BCUT2D eigenvalue weighted by Gasteiger charge is -2.07. The fourth-order valence-corrected chi connectivity index (χ4v) is 2.59. The molecular weight excluding hydrogens is 288 g/mol. The first kappa shape index (κ1) is 18.2. The number of unbranched alkanes of at least 4 members (excludes halogenated alkanes) is 6. The van der Waals surface area contributed by atoms with E-state index in [0.717, 1.165) is 12.8 Å². The summed E-state index contributed by atoms with van der Waals surface area (Å²) in [6, 6.07) is 0.